The van der Waals surface area contributed by atoms with Gasteiger partial charge in [0.1, 0.15) is 11.6 Å². The van der Waals surface area contributed by atoms with E-state index in [1.54, 1.807) is 0 Å². The molecule has 31 heavy (non-hydrogen) atoms. The van der Waals surface area contributed by atoms with E-state index in [9.17, 15) is 14.0 Å². The standard InChI is InChI=1S/C24H28ClFN2O3/c1-2-13-28(23(29)12-16-31-22-9-8-19(26)17-21(22)25)20-10-14-27(15-11-20)24(30)18-6-4-3-5-7-18/h3-9,17,20H,2,10-16H2,1H3. The van der Waals surface area contributed by atoms with Gasteiger partial charge < -0.3 is 14.5 Å². The molecule has 0 atom stereocenters. The number of benzene rings is 2. The van der Waals surface area contributed by atoms with Gasteiger partial charge in [0.25, 0.3) is 5.91 Å². The van der Waals surface area contributed by atoms with Crippen LogP contribution in [0.5, 0.6) is 5.75 Å². The minimum atomic E-state index is -0.431. The van der Waals surface area contributed by atoms with Crippen molar-refractivity contribution in [1.29, 1.82) is 0 Å². The molecular formula is C24H28ClFN2O3. The predicted molar refractivity (Wildman–Crippen MR) is 119 cm³/mol. The third kappa shape index (κ3) is 6.20. The number of amides is 2. The molecule has 0 saturated carbocycles. The number of carbonyl (C=O) groups is 2. The highest BCUT2D eigenvalue weighted by Crippen LogP contribution is 2.25. The molecule has 0 radical (unpaired) electrons. The normalized spacial score (nSPS) is 14.4. The van der Waals surface area contributed by atoms with Gasteiger partial charge in [-0.05, 0) is 49.6 Å². The van der Waals surface area contributed by atoms with Crippen molar-refractivity contribution in [2.45, 2.75) is 38.6 Å². The molecular weight excluding hydrogens is 419 g/mol. The van der Waals surface area contributed by atoms with Crippen molar-refractivity contribution in [3.05, 3.63) is 64.9 Å². The number of likely N-dealkylation sites (tertiary alicyclic amines) is 1. The summed E-state index contributed by atoms with van der Waals surface area (Å²) in [5.41, 5.74) is 0.694. The van der Waals surface area contributed by atoms with Gasteiger partial charge in [-0.3, -0.25) is 9.59 Å². The van der Waals surface area contributed by atoms with Gasteiger partial charge in [-0.2, -0.15) is 0 Å². The number of hydrogen-bond donors (Lipinski definition) is 0. The van der Waals surface area contributed by atoms with Crippen LogP contribution < -0.4 is 4.74 Å². The summed E-state index contributed by atoms with van der Waals surface area (Å²) in [5.74, 6) is -0.00445. The second-order valence-corrected chi connectivity index (χ2v) is 8.06. The average Bonchev–Trinajstić information content (AvgIpc) is 2.79. The maximum atomic E-state index is 13.1. The zero-order valence-corrected chi connectivity index (χ0v) is 18.5. The second-order valence-electron chi connectivity index (χ2n) is 7.65. The molecule has 1 heterocycles. The zero-order chi connectivity index (χ0) is 22.2. The molecule has 1 fully saturated rings. The van der Waals surface area contributed by atoms with Crippen LogP contribution in [0, 0.1) is 5.82 Å². The highest BCUT2D eigenvalue weighted by Gasteiger charge is 2.29. The molecule has 0 bridgehead atoms. The fourth-order valence-electron chi connectivity index (χ4n) is 3.88. The lowest BCUT2D eigenvalue weighted by Crippen LogP contribution is -2.49. The summed E-state index contributed by atoms with van der Waals surface area (Å²) >= 11 is 5.97. The summed E-state index contributed by atoms with van der Waals surface area (Å²) in [6.45, 7) is 4.16. The molecule has 1 saturated heterocycles. The van der Waals surface area contributed by atoms with Crippen molar-refractivity contribution in [2.24, 2.45) is 0 Å². The van der Waals surface area contributed by atoms with Gasteiger partial charge in [-0.25, -0.2) is 4.39 Å². The van der Waals surface area contributed by atoms with E-state index >= 15 is 0 Å². The molecule has 0 spiro atoms. The first-order valence-corrected chi connectivity index (χ1v) is 11.1. The quantitative estimate of drug-likeness (QED) is 0.585. The lowest BCUT2D eigenvalue weighted by molar-refractivity contribution is -0.135. The topological polar surface area (TPSA) is 49.9 Å². The Bertz CT molecular complexity index is 886. The number of nitrogens with zero attached hydrogens (tertiary/aromatic N) is 2. The summed E-state index contributed by atoms with van der Waals surface area (Å²) in [7, 11) is 0. The van der Waals surface area contributed by atoms with E-state index in [1.165, 1.54) is 18.2 Å². The third-order valence-electron chi connectivity index (χ3n) is 5.47. The fourth-order valence-corrected chi connectivity index (χ4v) is 4.10. The van der Waals surface area contributed by atoms with Gasteiger partial charge in [-0.15, -0.1) is 0 Å². The van der Waals surface area contributed by atoms with Crippen LogP contribution in [0.4, 0.5) is 4.39 Å². The Morgan fingerprint density at radius 3 is 2.52 bits per heavy atom. The molecule has 2 aromatic carbocycles. The van der Waals surface area contributed by atoms with E-state index < -0.39 is 5.82 Å². The number of hydrogen-bond acceptors (Lipinski definition) is 3. The zero-order valence-electron chi connectivity index (χ0n) is 17.7. The summed E-state index contributed by atoms with van der Waals surface area (Å²) in [6, 6.07) is 13.3. The highest BCUT2D eigenvalue weighted by atomic mass is 35.5. The summed E-state index contributed by atoms with van der Waals surface area (Å²) in [5, 5.41) is 0.188. The maximum Gasteiger partial charge on any atom is 0.253 e. The van der Waals surface area contributed by atoms with Crippen LogP contribution in [-0.4, -0.2) is 53.9 Å². The molecule has 166 valence electrons. The molecule has 2 amide bonds. The van der Waals surface area contributed by atoms with Crippen LogP contribution >= 0.6 is 11.6 Å². The largest absolute Gasteiger partial charge is 0.491 e. The Labute approximate surface area is 187 Å². The minimum absolute atomic E-state index is 0.0212. The van der Waals surface area contributed by atoms with Crippen molar-refractivity contribution >= 4 is 23.4 Å². The molecule has 0 unspecified atom stereocenters. The molecule has 0 aromatic heterocycles. The number of carbonyl (C=O) groups excluding carboxylic acids is 2. The molecule has 7 heteroatoms. The molecule has 0 N–H and O–H groups in total. The van der Waals surface area contributed by atoms with Crippen LogP contribution in [0.15, 0.2) is 48.5 Å². The van der Waals surface area contributed by atoms with E-state index in [0.29, 0.717) is 30.9 Å². The van der Waals surface area contributed by atoms with E-state index in [2.05, 4.69) is 0 Å². The van der Waals surface area contributed by atoms with Crippen LogP contribution in [0.3, 0.4) is 0 Å². The monoisotopic (exact) mass is 446 g/mol. The van der Waals surface area contributed by atoms with Gasteiger partial charge in [0.15, 0.2) is 0 Å². The highest BCUT2D eigenvalue weighted by molar-refractivity contribution is 6.32. The lowest BCUT2D eigenvalue weighted by atomic mass is 10.0. The number of ether oxygens (including phenoxy) is 1. The fraction of sp³-hybridized carbons (Fsp3) is 0.417. The van der Waals surface area contributed by atoms with Crippen molar-refractivity contribution in [3.8, 4) is 5.75 Å². The molecule has 3 rings (SSSR count). The smallest absolute Gasteiger partial charge is 0.253 e. The van der Waals surface area contributed by atoms with Crippen LogP contribution in [0.2, 0.25) is 5.02 Å². The molecule has 2 aromatic rings. The van der Waals surface area contributed by atoms with E-state index in [0.717, 1.165) is 19.3 Å². The lowest BCUT2D eigenvalue weighted by Gasteiger charge is -2.38. The Kier molecular flexibility index (Phi) is 8.29. The van der Waals surface area contributed by atoms with E-state index in [4.69, 9.17) is 16.3 Å². The molecule has 0 aliphatic carbocycles. The number of piperidine rings is 1. The molecule has 1 aliphatic rings. The van der Waals surface area contributed by atoms with Gasteiger partial charge in [-0.1, -0.05) is 36.7 Å². The SMILES string of the molecule is CCCN(C(=O)CCOc1ccc(F)cc1Cl)C1CCN(C(=O)c2ccccc2)CC1. The van der Waals surface area contributed by atoms with Gasteiger partial charge in [0.05, 0.1) is 18.1 Å². The third-order valence-corrected chi connectivity index (χ3v) is 5.76. The molecule has 1 aliphatic heterocycles. The van der Waals surface area contributed by atoms with Gasteiger partial charge in [0, 0.05) is 31.2 Å². The van der Waals surface area contributed by atoms with Crippen LogP contribution in [0.1, 0.15) is 43.0 Å². The van der Waals surface area contributed by atoms with Gasteiger partial charge in [0.2, 0.25) is 5.91 Å². The molecule has 5 nitrogen and oxygen atoms in total. The minimum Gasteiger partial charge on any atom is -0.491 e. The Hall–Kier alpha value is -2.60. The van der Waals surface area contributed by atoms with Crippen molar-refractivity contribution in [3.63, 3.8) is 0 Å². The van der Waals surface area contributed by atoms with Crippen molar-refractivity contribution in [1.82, 2.24) is 9.80 Å². The van der Waals surface area contributed by atoms with E-state index in [-0.39, 0.29) is 35.9 Å². The van der Waals surface area contributed by atoms with Crippen molar-refractivity contribution < 1.29 is 18.7 Å². The van der Waals surface area contributed by atoms with Crippen LogP contribution in [0.25, 0.3) is 0 Å². The Morgan fingerprint density at radius 1 is 1.16 bits per heavy atom. The van der Waals surface area contributed by atoms with Crippen molar-refractivity contribution in [2.75, 3.05) is 26.2 Å². The Balaban J connectivity index is 1.51. The van der Waals surface area contributed by atoms with E-state index in [1.807, 2.05) is 47.1 Å². The second kappa shape index (κ2) is 11.1. The van der Waals surface area contributed by atoms with Gasteiger partial charge >= 0.3 is 0 Å². The first-order chi connectivity index (χ1) is 15.0. The number of rotatable bonds is 8. The Morgan fingerprint density at radius 2 is 1.87 bits per heavy atom. The average molecular weight is 447 g/mol. The predicted octanol–water partition coefficient (Wildman–Crippen LogP) is 4.79. The first kappa shape index (κ1) is 23.1. The first-order valence-electron chi connectivity index (χ1n) is 10.7. The summed E-state index contributed by atoms with van der Waals surface area (Å²) in [4.78, 5) is 29.3. The summed E-state index contributed by atoms with van der Waals surface area (Å²) in [6.07, 6.45) is 2.60. The summed E-state index contributed by atoms with van der Waals surface area (Å²) < 4.78 is 18.7. The number of halogens is 2. The van der Waals surface area contributed by atoms with Crippen LogP contribution in [-0.2, 0) is 4.79 Å². The maximum absolute atomic E-state index is 13.1.